The Balaban J connectivity index is 1.93. The van der Waals surface area contributed by atoms with E-state index in [9.17, 15) is 0 Å². The number of aromatic nitrogens is 2. The molecule has 1 aromatic rings. The lowest BCUT2D eigenvalue weighted by molar-refractivity contribution is 0.361. The van der Waals surface area contributed by atoms with Gasteiger partial charge in [0.05, 0.1) is 5.25 Å². The zero-order valence-electron chi connectivity index (χ0n) is 11.8. The molecule has 0 bridgehead atoms. The van der Waals surface area contributed by atoms with Crippen LogP contribution in [0.5, 0.6) is 0 Å². The quantitative estimate of drug-likeness (QED) is 0.902. The lowest BCUT2D eigenvalue weighted by Gasteiger charge is -2.29. The molecule has 4 atom stereocenters. The van der Waals surface area contributed by atoms with Crippen molar-refractivity contribution in [2.45, 2.75) is 61.8 Å². The van der Waals surface area contributed by atoms with Crippen molar-refractivity contribution in [2.24, 2.45) is 5.73 Å². The predicted octanol–water partition coefficient (Wildman–Crippen LogP) is 3.04. The highest BCUT2D eigenvalue weighted by Gasteiger charge is 2.29. The molecule has 0 aliphatic carbocycles. The van der Waals surface area contributed by atoms with Crippen LogP contribution in [-0.4, -0.2) is 32.4 Å². The van der Waals surface area contributed by atoms with Crippen molar-refractivity contribution in [1.82, 2.24) is 10.1 Å². The van der Waals surface area contributed by atoms with Crippen LogP contribution in [0.3, 0.4) is 0 Å². The lowest BCUT2D eigenvalue weighted by Crippen LogP contribution is -2.23. The zero-order valence-corrected chi connectivity index (χ0v) is 13.5. The van der Waals surface area contributed by atoms with E-state index in [0.717, 1.165) is 24.4 Å². The summed E-state index contributed by atoms with van der Waals surface area (Å²) in [4.78, 5) is 4.52. The molecular weight excluding hydrogens is 278 g/mol. The molecule has 2 rings (SSSR count). The van der Waals surface area contributed by atoms with E-state index in [1.807, 2.05) is 23.5 Å². The van der Waals surface area contributed by atoms with Crippen molar-refractivity contribution in [3.63, 3.8) is 0 Å². The van der Waals surface area contributed by atoms with E-state index in [1.165, 1.54) is 0 Å². The third-order valence-corrected chi connectivity index (χ3v) is 6.81. The summed E-state index contributed by atoms with van der Waals surface area (Å²) < 4.78 is 5.33. The molecule has 2 N–H and O–H groups in total. The second-order valence-corrected chi connectivity index (χ2v) is 8.16. The number of hydrogen-bond donors (Lipinski definition) is 1. The van der Waals surface area contributed by atoms with E-state index in [2.05, 4.69) is 30.9 Å². The molecule has 19 heavy (non-hydrogen) atoms. The summed E-state index contributed by atoms with van der Waals surface area (Å²) in [6.45, 7) is 6.69. The fourth-order valence-corrected chi connectivity index (χ4v) is 4.93. The van der Waals surface area contributed by atoms with Gasteiger partial charge in [-0.1, -0.05) is 32.3 Å². The SMILES string of the molecule is CCCC(N)Cc1nc(C2CSC(C)C(C)S2)no1. The first kappa shape index (κ1) is 15.2. The van der Waals surface area contributed by atoms with Crippen LogP contribution in [-0.2, 0) is 6.42 Å². The molecule has 4 nitrogen and oxygen atoms in total. The largest absolute Gasteiger partial charge is 0.339 e. The minimum Gasteiger partial charge on any atom is -0.339 e. The van der Waals surface area contributed by atoms with Gasteiger partial charge in [0.1, 0.15) is 0 Å². The minimum atomic E-state index is 0.130. The second-order valence-electron chi connectivity index (χ2n) is 5.17. The molecule has 108 valence electrons. The topological polar surface area (TPSA) is 64.9 Å². The van der Waals surface area contributed by atoms with Gasteiger partial charge in [-0.2, -0.15) is 16.7 Å². The third-order valence-electron chi connectivity index (χ3n) is 3.42. The summed E-state index contributed by atoms with van der Waals surface area (Å²) in [6.07, 6.45) is 2.78. The molecule has 1 aromatic heterocycles. The van der Waals surface area contributed by atoms with E-state index in [1.54, 1.807) is 0 Å². The van der Waals surface area contributed by atoms with Crippen molar-refractivity contribution >= 4 is 23.5 Å². The number of rotatable bonds is 5. The van der Waals surface area contributed by atoms with Gasteiger partial charge in [0.2, 0.25) is 5.89 Å². The maximum Gasteiger partial charge on any atom is 0.228 e. The zero-order chi connectivity index (χ0) is 13.8. The number of nitrogens with two attached hydrogens (primary N) is 1. The summed E-state index contributed by atoms with van der Waals surface area (Å²) in [5, 5.41) is 5.83. The molecule has 0 saturated carbocycles. The van der Waals surface area contributed by atoms with E-state index >= 15 is 0 Å². The second kappa shape index (κ2) is 6.99. The maximum atomic E-state index is 6.01. The molecule has 0 radical (unpaired) electrons. The Morgan fingerprint density at radius 1 is 1.42 bits per heavy atom. The first-order chi connectivity index (χ1) is 9.10. The van der Waals surface area contributed by atoms with Crippen LogP contribution in [0, 0.1) is 0 Å². The molecule has 0 spiro atoms. The summed E-state index contributed by atoms with van der Waals surface area (Å²) in [5.74, 6) is 2.60. The number of nitrogens with zero attached hydrogens (tertiary/aromatic N) is 2. The van der Waals surface area contributed by atoms with Gasteiger partial charge >= 0.3 is 0 Å². The standard InChI is InChI=1S/C13H23N3OS2/c1-4-5-10(14)6-12-15-13(16-17-12)11-7-18-8(2)9(3)19-11/h8-11H,4-7,14H2,1-3H3. The Morgan fingerprint density at radius 3 is 2.89 bits per heavy atom. The Hall–Kier alpha value is -0.200. The molecule has 0 amide bonds. The van der Waals surface area contributed by atoms with E-state index in [4.69, 9.17) is 10.3 Å². The molecule has 1 aliphatic heterocycles. The van der Waals surface area contributed by atoms with E-state index in [0.29, 0.717) is 28.1 Å². The van der Waals surface area contributed by atoms with Crippen molar-refractivity contribution in [3.8, 4) is 0 Å². The van der Waals surface area contributed by atoms with Crippen LogP contribution in [0.25, 0.3) is 0 Å². The van der Waals surface area contributed by atoms with Crippen LogP contribution >= 0.6 is 23.5 Å². The smallest absolute Gasteiger partial charge is 0.228 e. The van der Waals surface area contributed by atoms with Gasteiger partial charge in [-0.3, -0.25) is 0 Å². The molecule has 2 heterocycles. The molecule has 1 saturated heterocycles. The molecule has 6 heteroatoms. The van der Waals surface area contributed by atoms with E-state index < -0.39 is 0 Å². The Bertz CT molecular complexity index is 399. The Labute approximate surface area is 123 Å². The molecule has 4 unspecified atom stereocenters. The normalized spacial score (nSPS) is 29.4. The molecule has 1 aliphatic rings. The van der Waals surface area contributed by atoms with Gasteiger partial charge < -0.3 is 10.3 Å². The monoisotopic (exact) mass is 301 g/mol. The van der Waals surface area contributed by atoms with Crippen LogP contribution < -0.4 is 5.73 Å². The van der Waals surface area contributed by atoms with Gasteiger partial charge in [-0.05, 0) is 6.42 Å². The molecule has 0 aromatic carbocycles. The first-order valence-corrected chi connectivity index (χ1v) is 8.94. The van der Waals surface area contributed by atoms with Crippen molar-refractivity contribution in [3.05, 3.63) is 11.7 Å². The highest BCUT2D eigenvalue weighted by molar-refractivity contribution is 8.07. The number of hydrogen-bond acceptors (Lipinski definition) is 6. The van der Waals surface area contributed by atoms with Crippen LogP contribution in [0.15, 0.2) is 4.52 Å². The highest BCUT2D eigenvalue weighted by atomic mass is 32.2. The maximum absolute atomic E-state index is 6.01. The van der Waals surface area contributed by atoms with Gasteiger partial charge in [0.15, 0.2) is 5.82 Å². The molecular formula is C13H23N3OS2. The fraction of sp³-hybridized carbons (Fsp3) is 0.846. The van der Waals surface area contributed by atoms with Crippen LogP contribution in [0.1, 0.15) is 50.6 Å². The van der Waals surface area contributed by atoms with Gasteiger partial charge in [-0.25, -0.2) is 0 Å². The van der Waals surface area contributed by atoms with Gasteiger partial charge in [0.25, 0.3) is 0 Å². The van der Waals surface area contributed by atoms with Crippen LogP contribution in [0.2, 0.25) is 0 Å². The summed E-state index contributed by atoms with van der Waals surface area (Å²) in [6, 6.07) is 0.130. The predicted molar refractivity (Wildman–Crippen MR) is 82.6 cm³/mol. The summed E-state index contributed by atoms with van der Waals surface area (Å²) in [5.41, 5.74) is 6.01. The minimum absolute atomic E-state index is 0.130. The Kier molecular flexibility index (Phi) is 5.59. The summed E-state index contributed by atoms with van der Waals surface area (Å²) >= 11 is 3.95. The summed E-state index contributed by atoms with van der Waals surface area (Å²) in [7, 11) is 0. The van der Waals surface area contributed by atoms with Gasteiger partial charge in [-0.15, -0.1) is 11.8 Å². The highest BCUT2D eigenvalue weighted by Crippen LogP contribution is 2.43. The Morgan fingerprint density at radius 2 is 2.21 bits per heavy atom. The number of thioether (sulfide) groups is 2. The van der Waals surface area contributed by atoms with E-state index in [-0.39, 0.29) is 6.04 Å². The average Bonchev–Trinajstić information content (AvgIpc) is 2.81. The van der Waals surface area contributed by atoms with Crippen LogP contribution in [0.4, 0.5) is 0 Å². The third kappa shape index (κ3) is 4.13. The molecule has 1 fully saturated rings. The van der Waals surface area contributed by atoms with Crippen molar-refractivity contribution in [1.29, 1.82) is 0 Å². The van der Waals surface area contributed by atoms with Crippen molar-refractivity contribution < 1.29 is 4.52 Å². The van der Waals surface area contributed by atoms with Gasteiger partial charge in [0, 0.05) is 28.7 Å². The average molecular weight is 301 g/mol. The van der Waals surface area contributed by atoms with Crippen molar-refractivity contribution in [2.75, 3.05) is 5.75 Å². The lowest BCUT2D eigenvalue weighted by atomic mass is 10.1. The fourth-order valence-electron chi connectivity index (χ4n) is 2.10. The first-order valence-electron chi connectivity index (χ1n) is 6.95.